The van der Waals surface area contributed by atoms with Crippen LogP contribution in [0.25, 0.3) is 11.3 Å². The fourth-order valence-electron chi connectivity index (χ4n) is 2.92. The van der Waals surface area contributed by atoms with E-state index in [0.29, 0.717) is 18.0 Å². The van der Waals surface area contributed by atoms with Crippen LogP contribution in [0.2, 0.25) is 0 Å². The maximum atomic E-state index is 14.9. The summed E-state index contributed by atoms with van der Waals surface area (Å²) in [5.74, 6) is -1.15. The van der Waals surface area contributed by atoms with Crippen molar-refractivity contribution < 1.29 is 13.5 Å². The molecule has 2 aromatic carbocycles. The minimum atomic E-state index is -0.665. The Balaban J connectivity index is 0.00000136. The van der Waals surface area contributed by atoms with Crippen molar-refractivity contribution >= 4 is 33.9 Å². The highest BCUT2D eigenvalue weighted by molar-refractivity contribution is 14.1. The van der Waals surface area contributed by atoms with Gasteiger partial charge >= 0.3 is 0 Å². The zero-order valence-corrected chi connectivity index (χ0v) is 18.7. The molecule has 28 heavy (non-hydrogen) atoms. The molecule has 1 aliphatic heterocycles. The van der Waals surface area contributed by atoms with Crippen LogP contribution in [0.5, 0.6) is 5.75 Å². The van der Waals surface area contributed by atoms with E-state index in [1.54, 1.807) is 18.9 Å². The van der Waals surface area contributed by atoms with Gasteiger partial charge in [-0.25, -0.2) is 8.78 Å². The first-order valence-corrected chi connectivity index (χ1v) is 10.2. The monoisotopic (exact) mass is 495 g/mol. The van der Waals surface area contributed by atoms with Crippen LogP contribution < -0.4 is 4.74 Å². The van der Waals surface area contributed by atoms with Gasteiger partial charge in [-0.05, 0) is 41.2 Å². The van der Waals surface area contributed by atoms with Gasteiger partial charge in [0.25, 0.3) is 0 Å². The predicted molar refractivity (Wildman–Crippen MR) is 121 cm³/mol. The maximum absolute atomic E-state index is 14.9. The lowest BCUT2D eigenvalue weighted by Gasteiger charge is -2.31. The number of allylic oxidation sites excluding steroid dienone is 3. The number of halogens is 3. The van der Waals surface area contributed by atoms with Crippen LogP contribution in [0, 0.1) is 11.6 Å². The van der Waals surface area contributed by atoms with Crippen molar-refractivity contribution in [1.29, 1.82) is 0 Å². The topological polar surface area (TPSA) is 12.5 Å². The lowest BCUT2D eigenvalue weighted by molar-refractivity contribution is 0.335. The lowest BCUT2D eigenvalue weighted by Crippen LogP contribution is -2.22. The van der Waals surface area contributed by atoms with Gasteiger partial charge in [0.05, 0.1) is 17.9 Å². The summed E-state index contributed by atoms with van der Waals surface area (Å²) in [7, 11) is 1.77. The van der Waals surface area contributed by atoms with Crippen molar-refractivity contribution in [2.24, 2.45) is 0 Å². The van der Waals surface area contributed by atoms with E-state index in [1.807, 2.05) is 50.3 Å². The predicted octanol–water partition coefficient (Wildman–Crippen LogP) is 7.04. The van der Waals surface area contributed by atoms with Gasteiger partial charge in [-0.1, -0.05) is 50.8 Å². The average molecular weight is 495 g/mol. The third kappa shape index (κ3) is 4.46. The van der Waals surface area contributed by atoms with Crippen LogP contribution in [0.15, 0.2) is 64.4 Å². The number of nitrogens with zero attached hydrogens (tertiary/aromatic N) is 1. The molecule has 0 atom stereocenters. The molecule has 0 N–H and O–H groups in total. The van der Waals surface area contributed by atoms with E-state index < -0.39 is 11.6 Å². The maximum Gasteiger partial charge on any atom is 0.139 e. The second-order valence-electron chi connectivity index (χ2n) is 5.82. The first-order valence-electron chi connectivity index (χ1n) is 9.16. The third-order valence-corrected chi connectivity index (χ3v) is 5.12. The second-order valence-corrected chi connectivity index (χ2v) is 6.98. The SMILES string of the molecule is C=C1C(I)=CC(c2ccccc2)=C(c2c(F)cc(OCC)cc2F)N1C.CC. The van der Waals surface area contributed by atoms with Crippen molar-refractivity contribution in [3.8, 4) is 5.75 Å². The summed E-state index contributed by atoms with van der Waals surface area (Å²) in [4.78, 5) is 1.73. The molecule has 0 amide bonds. The molecule has 0 radical (unpaired) electrons. The minimum Gasteiger partial charge on any atom is -0.494 e. The number of ether oxygens (including phenoxy) is 1. The highest BCUT2D eigenvalue weighted by Gasteiger charge is 2.27. The highest BCUT2D eigenvalue weighted by atomic mass is 127. The molecule has 1 heterocycles. The van der Waals surface area contributed by atoms with Crippen molar-refractivity contribution in [3.05, 3.63) is 87.2 Å². The summed E-state index contributed by atoms with van der Waals surface area (Å²) in [6.07, 6.45) is 1.91. The Morgan fingerprint density at radius 2 is 1.64 bits per heavy atom. The lowest BCUT2D eigenvalue weighted by atomic mass is 9.94. The fourth-order valence-corrected chi connectivity index (χ4v) is 3.59. The molecule has 0 saturated carbocycles. The summed E-state index contributed by atoms with van der Waals surface area (Å²) >= 11 is 2.18. The largest absolute Gasteiger partial charge is 0.494 e. The summed E-state index contributed by atoms with van der Waals surface area (Å²) < 4.78 is 35.9. The van der Waals surface area contributed by atoms with E-state index in [2.05, 4.69) is 29.2 Å². The van der Waals surface area contributed by atoms with Crippen LogP contribution in [-0.2, 0) is 0 Å². The molecule has 3 rings (SSSR count). The number of rotatable bonds is 4. The molecular formula is C23H24F2INO. The smallest absolute Gasteiger partial charge is 0.139 e. The van der Waals surface area contributed by atoms with Crippen molar-refractivity contribution in [3.63, 3.8) is 0 Å². The van der Waals surface area contributed by atoms with E-state index >= 15 is 0 Å². The van der Waals surface area contributed by atoms with Crippen LogP contribution in [0.3, 0.4) is 0 Å². The van der Waals surface area contributed by atoms with E-state index in [1.165, 1.54) is 12.1 Å². The molecule has 148 valence electrons. The zero-order chi connectivity index (χ0) is 20.8. The van der Waals surface area contributed by atoms with Crippen molar-refractivity contribution in [1.82, 2.24) is 4.90 Å². The van der Waals surface area contributed by atoms with Crippen LogP contribution >= 0.6 is 22.6 Å². The molecule has 0 unspecified atom stereocenters. The molecule has 2 nitrogen and oxygen atoms in total. The summed E-state index contributed by atoms with van der Waals surface area (Å²) in [6.45, 7) is 10.1. The van der Waals surface area contributed by atoms with Crippen molar-refractivity contribution in [2.75, 3.05) is 13.7 Å². The number of hydrogen-bond donors (Lipinski definition) is 0. The third-order valence-electron chi connectivity index (χ3n) is 4.19. The normalized spacial score (nSPS) is 13.8. The van der Waals surface area contributed by atoms with Crippen molar-refractivity contribution in [2.45, 2.75) is 20.8 Å². The standard InChI is InChI=1S/C21H18F2INO.C2H6/c1-4-26-15-10-17(22)20(18(23)11-15)21-16(14-8-6-5-7-9-14)12-19(24)13(2)25(21)3;1-2/h5-12H,2,4H2,1,3H3;1-2H3. The van der Waals surface area contributed by atoms with Gasteiger partial charge in [-0.2, -0.15) is 0 Å². The van der Waals surface area contributed by atoms with Gasteiger partial charge in [-0.3, -0.25) is 0 Å². The summed E-state index contributed by atoms with van der Waals surface area (Å²) in [5, 5.41) is 0. The van der Waals surface area contributed by atoms with Gasteiger partial charge in [0, 0.05) is 34.0 Å². The van der Waals surface area contributed by atoms with Gasteiger partial charge in [0.2, 0.25) is 0 Å². The quantitative estimate of drug-likeness (QED) is 0.422. The zero-order valence-electron chi connectivity index (χ0n) is 16.5. The Bertz CT molecular complexity index is 896. The van der Waals surface area contributed by atoms with Gasteiger partial charge in [-0.15, -0.1) is 0 Å². The highest BCUT2D eigenvalue weighted by Crippen LogP contribution is 2.42. The Labute approximate surface area is 179 Å². The molecule has 0 spiro atoms. The molecular weight excluding hydrogens is 471 g/mol. The number of likely N-dealkylation sites (N-methyl/N-ethyl adjacent to an activating group) is 1. The van der Waals surface area contributed by atoms with Gasteiger partial charge in [0.1, 0.15) is 17.4 Å². The summed E-state index contributed by atoms with van der Waals surface area (Å²) in [5.41, 5.74) is 2.67. The molecule has 0 bridgehead atoms. The van der Waals surface area contributed by atoms with Crippen LogP contribution in [0.1, 0.15) is 31.9 Å². The van der Waals surface area contributed by atoms with E-state index in [0.717, 1.165) is 14.7 Å². The van der Waals surface area contributed by atoms with Crippen LogP contribution in [-0.4, -0.2) is 18.6 Å². The van der Waals surface area contributed by atoms with Gasteiger partial charge in [0.15, 0.2) is 0 Å². The number of benzene rings is 2. The fraction of sp³-hybridized carbons (Fsp3) is 0.217. The first kappa shape index (κ1) is 22.1. The molecule has 0 fully saturated rings. The van der Waals surface area contributed by atoms with E-state index in [-0.39, 0.29) is 11.3 Å². The Hall–Kier alpha value is -2.15. The Kier molecular flexibility index (Phi) is 7.80. The van der Waals surface area contributed by atoms with Crippen LogP contribution in [0.4, 0.5) is 8.78 Å². The van der Waals surface area contributed by atoms with E-state index in [9.17, 15) is 8.78 Å². The Morgan fingerprint density at radius 3 is 2.18 bits per heavy atom. The number of hydrogen-bond acceptors (Lipinski definition) is 2. The first-order chi connectivity index (χ1) is 13.4. The molecule has 0 saturated heterocycles. The van der Waals surface area contributed by atoms with E-state index in [4.69, 9.17) is 4.74 Å². The molecule has 0 aromatic heterocycles. The second kappa shape index (κ2) is 9.87. The Morgan fingerprint density at radius 1 is 1.07 bits per heavy atom. The molecule has 1 aliphatic rings. The minimum absolute atomic E-state index is 0.0869. The van der Waals surface area contributed by atoms with Gasteiger partial charge < -0.3 is 9.64 Å². The molecule has 0 aliphatic carbocycles. The summed E-state index contributed by atoms with van der Waals surface area (Å²) in [6, 6.07) is 12.0. The molecule has 5 heteroatoms. The average Bonchev–Trinajstić information content (AvgIpc) is 2.69. The molecule has 2 aromatic rings.